The fraction of sp³-hybridized carbons (Fsp3) is 0.850. The average molecular weight is 383 g/mol. The Balaban J connectivity index is 1.70. The van der Waals surface area contributed by atoms with Crippen molar-refractivity contribution in [2.75, 3.05) is 6.54 Å². The van der Waals surface area contributed by atoms with Gasteiger partial charge in [-0.15, -0.1) is 0 Å². The van der Waals surface area contributed by atoms with Crippen molar-refractivity contribution in [3.05, 3.63) is 0 Å². The van der Waals surface area contributed by atoms with Crippen LogP contribution >= 0.6 is 0 Å². The lowest BCUT2D eigenvalue weighted by molar-refractivity contribution is -0.137. The molecular weight excluding hydrogens is 348 g/mol. The first kappa shape index (κ1) is 21.7. The summed E-state index contributed by atoms with van der Waals surface area (Å²) in [7, 11) is 0. The predicted molar refractivity (Wildman–Crippen MR) is 101 cm³/mol. The summed E-state index contributed by atoms with van der Waals surface area (Å²) < 4.78 is 0. The third-order valence-corrected chi connectivity index (χ3v) is 5.86. The maximum atomic E-state index is 12.1. The van der Waals surface area contributed by atoms with E-state index in [0.29, 0.717) is 25.3 Å². The second-order valence-corrected chi connectivity index (χ2v) is 8.45. The largest absolute Gasteiger partial charge is 0.481 e. The molecule has 154 valence electrons. The fourth-order valence-electron chi connectivity index (χ4n) is 4.45. The molecule has 0 aromatic heterocycles. The molecule has 0 aromatic carbocycles. The number of nitrogens with one attached hydrogen (secondary N) is 1. The Morgan fingerprint density at radius 3 is 2.63 bits per heavy atom. The van der Waals surface area contributed by atoms with Crippen LogP contribution in [0.1, 0.15) is 84.0 Å². The minimum atomic E-state index is -0.776. The van der Waals surface area contributed by atoms with Crippen molar-refractivity contribution in [3.63, 3.8) is 0 Å². The standard InChI is InChI=1S/C20H34N2O5/c1-20(27)12-6-8-15(14-20)9-7-13-22-16(18(25)21-19(22)26)10-4-2-3-5-11-17(23)24/h15-16,27H,2-14H2,1H3,(H,23,24)(H,21,25,26)/t15-,16?,20+/m0/s1. The molecular formula is C20H34N2O5. The number of carbonyl (C=O) groups is 3. The topological polar surface area (TPSA) is 107 Å². The van der Waals surface area contributed by atoms with Gasteiger partial charge in [-0.05, 0) is 51.4 Å². The quantitative estimate of drug-likeness (QED) is 0.376. The number of carboxylic acids is 1. The van der Waals surface area contributed by atoms with Gasteiger partial charge in [0.25, 0.3) is 5.91 Å². The molecule has 3 N–H and O–H groups in total. The van der Waals surface area contributed by atoms with Gasteiger partial charge in [0.05, 0.1) is 5.60 Å². The van der Waals surface area contributed by atoms with E-state index in [1.54, 1.807) is 4.90 Å². The molecule has 2 fully saturated rings. The smallest absolute Gasteiger partial charge is 0.324 e. The molecule has 2 rings (SSSR count). The summed E-state index contributed by atoms with van der Waals surface area (Å²) in [6.45, 7) is 2.47. The fourth-order valence-corrected chi connectivity index (χ4v) is 4.45. The molecule has 7 nitrogen and oxygen atoms in total. The van der Waals surface area contributed by atoms with Crippen LogP contribution in [0.25, 0.3) is 0 Å². The van der Waals surface area contributed by atoms with Crippen molar-refractivity contribution < 1.29 is 24.6 Å². The summed E-state index contributed by atoms with van der Waals surface area (Å²) >= 11 is 0. The molecule has 0 aromatic rings. The van der Waals surface area contributed by atoms with Crippen molar-refractivity contribution in [3.8, 4) is 0 Å². The van der Waals surface area contributed by atoms with E-state index < -0.39 is 17.6 Å². The van der Waals surface area contributed by atoms with Crippen molar-refractivity contribution in [1.29, 1.82) is 0 Å². The van der Waals surface area contributed by atoms with Gasteiger partial charge >= 0.3 is 12.0 Å². The molecule has 0 spiro atoms. The van der Waals surface area contributed by atoms with Gasteiger partial charge in [0.2, 0.25) is 0 Å². The van der Waals surface area contributed by atoms with Crippen LogP contribution in [0.5, 0.6) is 0 Å². The molecule has 1 aliphatic carbocycles. The zero-order chi connectivity index (χ0) is 19.9. The van der Waals surface area contributed by atoms with Crippen molar-refractivity contribution >= 4 is 17.9 Å². The third kappa shape index (κ3) is 7.13. The van der Waals surface area contributed by atoms with Crippen molar-refractivity contribution in [1.82, 2.24) is 10.2 Å². The van der Waals surface area contributed by atoms with Gasteiger partial charge in [-0.2, -0.15) is 0 Å². The van der Waals surface area contributed by atoms with Crippen molar-refractivity contribution in [2.45, 2.75) is 95.6 Å². The lowest BCUT2D eigenvalue weighted by atomic mass is 9.77. The van der Waals surface area contributed by atoms with Crippen LogP contribution < -0.4 is 5.32 Å². The molecule has 7 heteroatoms. The average Bonchev–Trinajstić information content (AvgIpc) is 2.83. The highest BCUT2D eigenvalue weighted by Crippen LogP contribution is 2.34. The van der Waals surface area contributed by atoms with Crippen LogP contribution in [0, 0.1) is 5.92 Å². The normalized spacial score (nSPS) is 28.4. The Hall–Kier alpha value is -1.63. The van der Waals surface area contributed by atoms with E-state index in [-0.39, 0.29) is 18.4 Å². The monoisotopic (exact) mass is 382 g/mol. The van der Waals surface area contributed by atoms with Gasteiger partial charge < -0.3 is 15.1 Å². The number of imide groups is 1. The van der Waals surface area contributed by atoms with Crippen LogP contribution in [0.4, 0.5) is 4.79 Å². The number of urea groups is 1. The van der Waals surface area contributed by atoms with E-state index in [2.05, 4.69) is 5.32 Å². The first-order valence-electron chi connectivity index (χ1n) is 10.3. The van der Waals surface area contributed by atoms with E-state index in [0.717, 1.165) is 57.8 Å². The molecule has 3 amide bonds. The number of hydrogen-bond acceptors (Lipinski definition) is 4. The van der Waals surface area contributed by atoms with Gasteiger partial charge in [-0.3, -0.25) is 14.9 Å². The van der Waals surface area contributed by atoms with Crippen LogP contribution in [0.15, 0.2) is 0 Å². The Bertz CT molecular complexity index is 534. The van der Waals surface area contributed by atoms with Crippen LogP contribution in [0.2, 0.25) is 0 Å². The molecule has 1 heterocycles. The Kier molecular flexibility index (Phi) is 8.07. The van der Waals surface area contributed by atoms with E-state index >= 15 is 0 Å². The zero-order valence-electron chi connectivity index (χ0n) is 16.4. The summed E-state index contributed by atoms with van der Waals surface area (Å²) in [6, 6.07) is -0.696. The van der Waals surface area contributed by atoms with Crippen LogP contribution in [-0.4, -0.2) is 51.2 Å². The Morgan fingerprint density at radius 2 is 1.93 bits per heavy atom. The molecule has 1 unspecified atom stereocenters. The number of carbonyl (C=O) groups excluding carboxylic acids is 2. The zero-order valence-corrected chi connectivity index (χ0v) is 16.4. The first-order chi connectivity index (χ1) is 12.8. The molecule has 1 saturated carbocycles. The van der Waals surface area contributed by atoms with Gasteiger partial charge in [0.15, 0.2) is 0 Å². The summed E-state index contributed by atoms with van der Waals surface area (Å²) in [6.07, 6.45) is 9.64. The number of nitrogens with zero attached hydrogens (tertiary/aromatic N) is 1. The van der Waals surface area contributed by atoms with Crippen LogP contribution in [-0.2, 0) is 9.59 Å². The number of unbranched alkanes of at least 4 members (excludes halogenated alkanes) is 3. The minimum absolute atomic E-state index is 0.183. The highest BCUT2D eigenvalue weighted by Gasteiger charge is 2.37. The lowest BCUT2D eigenvalue weighted by Gasteiger charge is -2.34. The molecule has 2 aliphatic rings. The summed E-state index contributed by atoms with van der Waals surface area (Å²) in [4.78, 5) is 36.3. The van der Waals surface area contributed by atoms with Crippen LogP contribution in [0.3, 0.4) is 0 Å². The summed E-state index contributed by atoms with van der Waals surface area (Å²) in [5.74, 6) is -0.504. The molecule has 1 aliphatic heterocycles. The molecule has 1 saturated heterocycles. The van der Waals surface area contributed by atoms with E-state index in [9.17, 15) is 19.5 Å². The number of rotatable bonds is 11. The number of amides is 3. The third-order valence-electron chi connectivity index (χ3n) is 5.86. The van der Waals surface area contributed by atoms with Gasteiger partial charge in [-0.25, -0.2) is 4.79 Å². The van der Waals surface area contributed by atoms with Gasteiger partial charge in [-0.1, -0.05) is 32.1 Å². The Morgan fingerprint density at radius 1 is 1.19 bits per heavy atom. The molecule has 27 heavy (non-hydrogen) atoms. The van der Waals surface area contributed by atoms with E-state index in [1.807, 2.05) is 6.92 Å². The maximum Gasteiger partial charge on any atom is 0.324 e. The molecule has 0 bridgehead atoms. The Labute approximate surface area is 161 Å². The summed E-state index contributed by atoms with van der Waals surface area (Å²) in [5, 5.41) is 21.3. The van der Waals surface area contributed by atoms with E-state index in [4.69, 9.17) is 5.11 Å². The number of aliphatic carboxylic acids is 1. The van der Waals surface area contributed by atoms with Gasteiger partial charge in [0, 0.05) is 13.0 Å². The second-order valence-electron chi connectivity index (χ2n) is 8.45. The first-order valence-corrected chi connectivity index (χ1v) is 10.3. The number of hydrogen-bond donors (Lipinski definition) is 3. The highest BCUT2D eigenvalue weighted by atomic mass is 16.4. The molecule has 3 atom stereocenters. The SMILES string of the molecule is C[C@@]1(O)CCC[C@@H](CCCN2C(=O)NC(=O)C2CCCCCCC(=O)O)C1. The van der Waals surface area contributed by atoms with E-state index in [1.165, 1.54) is 0 Å². The van der Waals surface area contributed by atoms with Crippen molar-refractivity contribution in [2.24, 2.45) is 5.92 Å². The minimum Gasteiger partial charge on any atom is -0.481 e. The maximum absolute atomic E-state index is 12.1. The lowest BCUT2D eigenvalue weighted by Crippen LogP contribution is -2.36. The summed E-state index contributed by atoms with van der Waals surface area (Å²) in [5.41, 5.74) is -0.562. The number of aliphatic hydroxyl groups is 1. The molecule has 0 radical (unpaired) electrons. The predicted octanol–water partition coefficient (Wildman–Crippen LogP) is 3.05. The van der Waals surface area contributed by atoms with Gasteiger partial charge in [0.1, 0.15) is 6.04 Å². The number of carboxylic acid groups (broad SMARTS) is 1. The second kappa shape index (κ2) is 10.1. The highest BCUT2D eigenvalue weighted by molar-refractivity contribution is 6.04.